The zero-order valence-electron chi connectivity index (χ0n) is 13.5. The van der Waals surface area contributed by atoms with Crippen LogP contribution in [0, 0.1) is 17.2 Å². The van der Waals surface area contributed by atoms with Gasteiger partial charge in [0.1, 0.15) is 11.8 Å². The molecule has 3 rings (SSSR count). The Morgan fingerprint density at radius 2 is 2.04 bits per heavy atom. The van der Waals surface area contributed by atoms with Crippen molar-refractivity contribution >= 4 is 5.91 Å². The van der Waals surface area contributed by atoms with Crippen LogP contribution in [0.3, 0.4) is 0 Å². The number of hydrogen-bond donors (Lipinski definition) is 1. The van der Waals surface area contributed by atoms with Gasteiger partial charge in [-0.15, -0.1) is 0 Å². The minimum Gasteiger partial charge on any atom is -0.496 e. The summed E-state index contributed by atoms with van der Waals surface area (Å²) in [6.07, 6.45) is 4.54. The summed E-state index contributed by atoms with van der Waals surface area (Å²) in [5.41, 5.74) is 0.710. The van der Waals surface area contributed by atoms with Crippen LogP contribution >= 0.6 is 0 Å². The first kappa shape index (κ1) is 15.8. The first-order chi connectivity index (χ1) is 11.2. The predicted octanol–water partition coefficient (Wildman–Crippen LogP) is 2.25. The van der Waals surface area contributed by atoms with E-state index in [1.165, 1.54) is 0 Å². The number of methoxy groups -OCH3 is 1. The molecule has 2 atom stereocenters. The standard InChI is InChI=1S/C18H23N3O2/c1-23-16-7-3-2-6-14(16)15(12-19)20-18(22)17(13-8-9-13)21-10-4-5-11-21/h2-3,6-7,13,15,17H,4-5,8-11H2,1H3,(H,20,22)/t15-,17+/m1/s1. The lowest BCUT2D eigenvalue weighted by Gasteiger charge is -2.27. The topological polar surface area (TPSA) is 65.4 Å². The van der Waals surface area contributed by atoms with Gasteiger partial charge in [-0.05, 0) is 50.8 Å². The van der Waals surface area contributed by atoms with E-state index in [0.29, 0.717) is 17.2 Å². The molecule has 1 amide bonds. The Bertz CT molecular complexity index is 601. The summed E-state index contributed by atoms with van der Waals surface area (Å²) in [5, 5.41) is 12.5. The average Bonchev–Trinajstić information content (AvgIpc) is 3.26. The Morgan fingerprint density at radius 3 is 2.65 bits per heavy atom. The van der Waals surface area contributed by atoms with E-state index in [4.69, 9.17) is 4.74 Å². The molecule has 0 unspecified atom stereocenters. The summed E-state index contributed by atoms with van der Waals surface area (Å²) in [6, 6.07) is 8.79. The molecule has 1 N–H and O–H groups in total. The van der Waals surface area contributed by atoms with Crippen molar-refractivity contribution < 1.29 is 9.53 Å². The smallest absolute Gasteiger partial charge is 0.238 e. The normalized spacial score (nSPS) is 20.5. The van der Waals surface area contributed by atoms with Gasteiger partial charge in [0.05, 0.1) is 19.2 Å². The highest BCUT2D eigenvalue weighted by molar-refractivity contribution is 5.83. The third-order valence-corrected chi connectivity index (χ3v) is 4.74. The van der Waals surface area contributed by atoms with Crippen molar-refractivity contribution in [2.45, 2.75) is 37.8 Å². The quantitative estimate of drug-likeness (QED) is 0.875. The fourth-order valence-electron chi connectivity index (χ4n) is 3.42. The molecule has 0 bridgehead atoms. The van der Waals surface area contributed by atoms with Crippen molar-refractivity contribution in [2.75, 3.05) is 20.2 Å². The van der Waals surface area contributed by atoms with Gasteiger partial charge >= 0.3 is 0 Å². The Morgan fingerprint density at radius 1 is 1.35 bits per heavy atom. The van der Waals surface area contributed by atoms with Crippen LogP contribution in [0.25, 0.3) is 0 Å². The molecule has 2 fully saturated rings. The lowest BCUT2D eigenvalue weighted by molar-refractivity contribution is -0.127. The van der Waals surface area contributed by atoms with Crippen molar-refractivity contribution in [3.05, 3.63) is 29.8 Å². The summed E-state index contributed by atoms with van der Waals surface area (Å²) < 4.78 is 5.32. The molecule has 0 radical (unpaired) electrons. The second kappa shape index (κ2) is 7.01. The SMILES string of the molecule is COc1ccccc1[C@@H](C#N)NC(=O)[C@H](C1CC1)N1CCCC1. The number of benzene rings is 1. The number of para-hydroxylation sites is 1. The number of nitrogens with one attached hydrogen (secondary N) is 1. The average molecular weight is 313 g/mol. The lowest BCUT2D eigenvalue weighted by Crippen LogP contribution is -2.48. The van der Waals surface area contributed by atoms with Gasteiger partial charge in [-0.2, -0.15) is 5.26 Å². The number of carbonyl (C=O) groups excluding carboxylic acids is 1. The first-order valence-corrected chi connectivity index (χ1v) is 8.31. The van der Waals surface area contributed by atoms with E-state index in [1.807, 2.05) is 24.3 Å². The van der Waals surface area contributed by atoms with Gasteiger partial charge < -0.3 is 10.1 Å². The van der Waals surface area contributed by atoms with Gasteiger partial charge in [-0.25, -0.2) is 0 Å². The van der Waals surface area contributed by atoms with Crippen molar-refractivity contribution in [2.24, 2.45) is 5.92 Å². The van der Waals surface area contributed by atoms with Gasteiger partial charge in [0.2, 0.25) is 5.91 Å². The number of nitrogens with zero attached hydrogens (tertiary/aromatic N) is 2. The van der Waals surface area contributed by atoms with Gasteiger partial charge in [-0.3, -0.25) is 9.69 Å². The molecule has 2 aliphatic rings. The number of carbonyl (C=O) groups is 1. The van der Waals surface area contributed by atoms with Gasteiger partial charge in [0, 0.05) is 5.56 Å². The summed E-state index contributed by atoms with van der Waals surface area (Å²) >= 11 is 0. The van der Waals surface area contributed by atoms with Crippen LogP contribution in [0.15, 0.2) is 24.3 Å². The number of ether oxygens (including phenoxy) is 1. The fraction of sp³-hybridized carbons (Fsp3) is 0.556. The zero-order chi connectivity index (χ0) is 16.2. The van der Waals surface area contributed by atoms with E-state index in [2.05, 4.69) is 16.3 Å². The Labute approximate surface area is 137 Å². The van der Waals surface area contributed by atoms with Gasteiger partial charge in [0.15, 0.2) is 0 Å². The molecule has 1 saturated carbocycles. The molecule has 1 aromatic carbocycles. The molecule has 5 heteroatoms. The summed E-state index contributed by atoms with van der Waals surface area (Å²) in [5.74, 6) is 1.06. The van der Waals surface area contributed by atoms with Crippen molar-refractivity contribution in [1.82, 2.24) is 10.2 Å². The van der Waals surface area contributed by atoms with Crippen LogP contribution in [0.4, 0.5) is 0 Å². The number of hydrogen-bond acceptors (Lipinski definition) is 4. The highest BCUT2D eigenvalue weighted by Gasteiger charge is 2.41. The van der Waals surface area contributed by atoms with E-state index in [9.17, 15) is 10.1 Å². The zero-order valence-corrected chi connectivity index (χ0v) is 13.5. The highest BCUT2D eigenvalue weighted by Crippen LogP contribution is 2.37. The molecule has 1 saturated heterocycles. The number of amides is 1. The molecule has 1 aliphatic carbocycles. The Kier molecular flexibility index (Phi) is 4.82. The highest BCUT2D eigenvalue weighted by atomic mass is 16.5. The van der Waals surface area contributed by atoms with Crippen LogP contribution in [-0.2, 0) is 4.79 Å². The third-order valence-electron chi connectivity index (χ3n) is 4.74. The lowest BCUT2D eigenvalue weighted by atomic mass is 10.0. The van der Waals surface area contributed by atoms with Crippen LogP contribution in [0.2, 0.25) is 0 Å². The van der Waals surface area contributed by atoms with Crippen LogP contribution in [0.1, 0.15) is 37.3 Å². The van der Waals surface area contributed by atoms with Gasteiger partial charge in [-0.1, -0.05) is 18.2 Å². The van der Waals surface area contributed by atoms with Crippen molar-refractivity contribution in [3.8, 4) is 11.8 Å². The number of likely N-dealkylation sites (tertiary alicyclic amines) is 1. The summed E-state index contributed by atoms with van der Waals surface area (Å²) in [4.78, 5) is 15.1. The molecular formula is C18H23N3O2. The maximum Gasteiger partial charge on any atom is 0.238 e. The number of nitriles is 1. The first-order valence-electron chi connectivity index (χ1n) is 8.31. The Hall–Kier alpha value is -2.06. The molecule has 1 heterocycles. The predicted molar refractivity (Wildman–Crippen MR) is 86.8 cm³/mol. The second-order valence-corrected chi connectivity index (χ2v) is 6.34. The molecule has 23 heavy (non-hydrogen) atoms. The largest absolute Gasteiger partial charge is 0.496 e. The fourth-order valence-corrected chi connectivity index (χ4v) is 3.42. The van der Waals surface area contributed by atoms with E-state index in [-0.39, 0.29) is 11.9 Å². The van der Waals surface area contributed by atoms with Crippen LogP contribution < -0.4 is 10.1 Å². The minimum atomic E-state index is -0.678. The Balaban J connectivity index is 1.75. The minimum absolute atomic E-state index is 0.0214. The molecule has 5 nitrogen and oxygen atoms in total. The molecule has 122 valence electrons. The monoisotopic (exact) mass is 313 g/mol. The van der Waals surface area contributed by atoms with E-state index in [1.54, 1.807) is 7.11 Å². The molecule has 1 aliphatic heterocycles. The maximum atomic E-state index is 12.8. The summed E-state index contributed by atoms with van der Waals surface area (Å²) in [6.45, 7) is 1.97. The van der Waals surface area contributed by atoms with Crippen LogP contribution in [0.5, 0.6) is 5.75 Å². The van der Waals surface area contributed by atoms with Gasteiger partial charge in [0.25, 0.3) is 0 Å². The van der Waals surface area contributed by atoms with E-state index in [0.717, 1.165) is 38.8 Å². The molecule has 1 aromatic rings. The molecular weight excluding hydrogens is 290 g/mol. The summed E-state index contributed by atoms with van der Waals surface area (Å²) in [7, 11) is 1.58. The second-order valence-electron chi connectivity index (χ2n) is 6.34. The van der Waals surface area contributed by atoms with Crippen LogP contribution in [-0.4, -0.2) is 37.0 Å². The van der Waals surface area contributed by atoms with Crippen molar-refractivity contribution in [3.63, 3.8) is 0 Å². The molecule has 0 spiro atoms. The number of rotatable bonds is 6. The van der Waals surface area contributed by atoms with E-state index < -0.39 is 6.04 Å². The maximum absolute atomic E-state index is 12.8. The van der Waals surface area contributed by atoms with E-state index >= 15 is 0 Å². The third kappa shape index (κ3) is 3.48. The molecule has 0 aromatic heterocycles. The van der Waals surface area contributed by atoms with Crippen molar-refractivity contribution in [1.29, 1.82) is 5.26 Å².